The third kappa shape index (κ3) is 23.7. The van der Waals surface area contributed by atoms with Crippen LogP contribution in [0.3, 0.4) is 0 Å². The number of carbonyl (C=O) groups excluding carboxylic acids is 6. The van der Waals surface area contributed by atoms with E-state index in [0.717, 1.165) is 36.8 Å². The van der Waals surface area contributed by atoms with Gasteiger partial charge in [-0.05, 0) is 136 Å². The number of amides is 3. The number of alkyl carbamates (subject to hydrolysis) is 1. The molecule has 0 bridgehead atoms. The summed E-state index contributed by atoms with van der Waals surface area (Å²) in [5.74, 6) is 1.62. The van der Waals surface area contributed by atoms with E-state index in [1.807, 2.05) is 65.0 Å². The van der Waals surface area contributed by atoms with Gasteiger partial charge in [0, 0.05) is 49.9 Å². The first-order chi connectivity index (χ1) is 43.5. The molecule has 0 heterocycles. The first-order valence-corrected chi connectivity index (χ1v) is 33.2. The molecule has 19 heteroatoms. The van der Waals surface area contributed by atoms with Gasteiger partial charge in [-0.15, -0.1) is 0 Å². The monoisotopic (exact) mass is 1270 g/mol. The summed E-state index contributed by atoms with van der Waals surface area (Å²) in [6.07, 6.45) is 14.8. The van der Waals surface area contributed by atoms with Crippen LogP contribution in [0.1, 0.15) is 157 Å². The SMILES string of the molecule is CCNC(=O)OC(CCC1C(C)C=CC2=CC(C)CC(OC(=O)C(C)CC)[C@@H]21)CC(O)CC(=O)NCc1ccccc1OC.CCOC(=O)COC(CC(=O)NCc1ccc(OC)c(OC)c1)CC(O)CCC1C(C)C=CC2=CC(C)CC(OC(=O)C(C)CC)[C@@H]21. The summed E-state index contributed by atoms with van der Waals surface area (Å²) >= 11 is 0. The van der Waals surface area contributed by atoms with E-state index < -0.39 is 36.5 Å². The Morgan fingerprint density at radius 2 is 1.15 bits per heavy atom. The molecule has 0 saturated carbocycles. The van der Waals surface area contributed by atoms with Crippen LogP contribution in [0.15, 0.2) is 90.1 Å². The molecule has 0 aliphatic heterocycles. The molecule has 6 rings (SSSR count). The first kappa shape index (κ1) is 75.0. The molecule has 0 aromatic heterocycles. The Kier molecular flexibility index (Phi) is 31.6. The molecule has 0 fully saturated rings. The number of ether oxygens (including phenoxy) is 8. The number of benzene rings is 2. The quantitative estimate of drug-likeness (QED) is 0.0329. The molecule has 0 spiro atoms. The third-order valence-corrected chi connectivity index (χ3v) is 18.3. The minimum atomic E-state index is -0.994. The van der Waals surface area contributed by atoms with Crippen LogP contribution >= 0.6 is 0 Å². The lowest BCUT2D eigenvalue weighted by Crippen LogP contribution is -2.42. The largest absolute Gasteiger partial charge is 0.496 e. The fourth-order valence-electron chi connectivity index (χ4n) is 12.8. The van der Waals surface area contributed by atoms with Crippen molar-refractivity contribution >= 4 is 35.8 Å². The molecular weight excluding hydrogens is 1160 g/mol. The number of aliphatic hydroxyl groups excluding tert-OH is 2. The standard InChI is InChI=1S/C37H55NO9.C35H52N2O7/c1-8-24(4)37(42)47-33-17-23(3)16-27-12-10-25(5)30(36(27)33)14-13-28(39)19-29(46-22-35(41)45-9-2)20-34(40)38-21-26-11-15-31(43-6)32(18-26)44-7;1-7-23(4)34(40)44-31-18-22(3)17-25-14-13-24(5)29(33(25)31)16-15-28(43-35(41)36-8-2)19-27(38)20-32(39)37-21-26-11-9-10-12-30(26)42-6/h10-12,15-16,18,23-25,28-30,33,36,39H,8-9,13-14,17,19-22H2,1-7H3,(H,38,40);9-14,17,22-24,27-29,31,33,38H,7-8,15-16,18-21H2,1-6H3,(H,36,41)(H,37,39)/t23?,24?,25?,28?,29?,30?,33?,36-;22?,23?,24?,27?,28?,29?,31?,33-/m00/s1. The summed E-state index contributed by atoms with van der Waals surface area (Å²) in [5, 5.41) is 30.5. The van der Waals surface area contributed by atoms with Crippen LogP contribution in [-0.4, -0.2) is 124 Å². The fraction of sp³-hybridized carbons (Fsp3) is 0.639. The molecule has 3 amide bonds. The molecule has 19 nitrogen and oxygen atoms in total. The van der Waals surface area contributed by atoms with Crippen molar-refractivity contribution in [2.24, 2.45) is 59.2 Å². The van der Waals surface area contributed by atoms with E-state index in [1.54, 1.807) is 40.4 Å². The van der Waals surface area contributed by atoms with E-state index in [9.17, 15) is 39.0 Å². The van der Waals surface area contributed by atoms with Gasteiger partial charge in [-0.25, -0.2) is 9.59 Å². The number of nitrogens with one attached hydrogen (secondary N) is 3. The first-order valence-electron chi connectivity index (χ1n) is 33.2. The van der Waals surface area contributed by atoms with Gasteiger partial charge >= 0.3 is 24.0 Å². The average Bonchev–Trinajstić information content (AvgIpc) is 0.847. The molecule has 16 atom stereocenters. The Balaban J connectivity index is 0.000000331. The van der Waals surface area contributed by atoms with Crippen LogP contribution in [0.25, 0.3) is 0 Å². The summed E-state index contributed by atoms with van der Waals surface area (Å²) in [7, 11) is 4.69. The molecule has 4 aliphatic rings. The lowest BCUT2D eigenvalue weighted by Gasteiger charge is -2.43. The van der Waals surface area contributed by atoms with Gasteiger partial charge in [0.2, 0.25) is 11.8 Å². The van der Waals surface area contributed by atoms with Gasteiger partial charge in [-0.3, -0.25) is 19.2 Å². The van der Waals surface area contributed by atoms with Gasteiger partial charge in [0.15, 0.2) is 11.5 Å². The van der Waals surface area contributed by atoms with Gasteiger partial charge in [-0.2, -0.15) is 0 Å². The van der Waals surface area contributed by atoms with Crippen molar-refractivity contribution in [2.45, 2.75) is 196 Å². The topological polar surface area (TPSA) is 253 Å². The number of para-hydroxylation sites is 1. The van der Waals surface area contributed by atoms with E-state index in [2.05, 4.69) is 80.1 Å². The second-order valence-electron chi connectivity index (χ2n) is 25.3. The summed E-state index contributed by atoms with van der Waals surface area (Å²) in [6, 6.07) is 12.8. The van der Waals surface area contributed by atoms with Crippen molar-refractivity contribution in [2.75, 3.05) is 41.1 Å². The molecule has 2 aromatic carbocycles. The van der Waals surface area contributed by atoms with Gasteiger partial charge in [-0.1, -0.05) is 116 Å². The van der Waals surface area contributed by atoms with Crippen molar-refractivity contribution in [3.05, 3.63) is 101 Å². The van der Waals surface area contributed by atoms with Crippen LogP contribution in [-0.2, 0) is 60.7 Å². The van der Waals surface area contributed by atoms with E-state index in [1.165, 1.54) is 11.1 Å². The summed E-state index contributed by atoms with van der Waals surface area (Å²) in [5.41, 5.74) is 4.06. The highest BCUT2D eigenvalue weighted by Crippen LogP contribution is 2.47. The number of allylic oxidation sites excluding steroid dienone is 6. The molecule has 14 unspecified atom stereocenters. The number of hydrogen-bond donors (Lipinski definition) is 5. The van der Waals surface area contributed by atoms with Crippen LogP contribution in [0.5, 0.6) is 17.2 Å². The van der Waals surface area contributed by atoms with Crippen molar-refractivity contribution in [3.63, 3.8) is 0 Å². The zero-order valence-corrected chi connectivity index (χ0v) is 56.4. The Hall–Kier alpha value is -6.70. The van der Waals surface area contributed by atoms with Gasteiger partial charge in [0.25, 0.3) is 0 Å². The molecule has 0 saturated heterocycles. The Labute approximate surface area is 541 Å². The Morgan fingerprint density at radius 3 is 1.70 bits per heavy atom. The van der Waals surface area contributed by atoms with E-state index in [0.29, 0.717) is 61.3 Å². The highest BCUT2D eigenvalue weighted by atomic mass is 16.6. The number of carbonyl (C=O) groups is 6. The van der Waals surface area contributed by atoms with E-state index >= 15 is 0 Å². The van der Waals surface area contributed by atoms with Crippen LogP contribution in [0.2, 0.25) is 0 Å². The summed E-state index contributed by atoms with van der Waals surface area (Å²) < 4.78 is 44.8. The maximum absolute atomic E-state index is 13.0. The molecular formula is C72H107N3O16. The molecule has 5 N–H and O–H groups in total. The van der Waals surface area contributed by atoms with Crippen LogP contribution in [0.4, 0.5) is 4.79 Å². The van der Waals surface area contributed by atoms with Crippen molar-refractivity contribution in [3.8, 4) is 17.2 Å². The highest BCUT2D eigenvalue weighted by Gasteiger charge is 2.44. The number of esters is 3. The van der Waals surface area contributed by atoms with Crippen molar-refractivity contribution in [1.29, 1.82) is 0 Å². The summed E-state index contributed by atoms with van der Waals surface area (Å²) in [4.78, 5) is 75.8. The van der Waals surface area contributed by atoms with Crippen LogP contribution < -0.4 is 30.2 Å². The fourth-order valence-corrected chi connectivity index (χ4v) is 12.8. The predicted octanol–water partition coefficient (Wildman–Crippen LogP) is 11.3. The summed E-state index contributed by atoms with van der Waals surface area (Å²) in [6.45, 7) is 20.8. The van der Waals surface area contributed by atoms with E-state index in [4.69, 9.17) is 37.9 Å². The lowest BCUT2D eigenvalue weighted by atomic mass is 9.65. The maximum atomic E-state index is 13.0. The van der Waals surface area contributed by atoms with Crippen molar-refractivity contribution < 1.29 is 76.9 Å². The lowest BCUT2D eigenvalue weighted by molar-refractivity contribution is -0.159. The van der Waals surface area contributed by atoms with Crippen LogP contribution in [0, 0.1) is 59.2 Å². The molecule has 506 valence electrons. The second-order valence-corrected chi connectivity index (χ2v) is 25.3. The smallest absolute Gasteiger partial charge is 0.407 e. The third-order valence-electron chi connectivity index (χ3n) is 18.3. The number of methoxy groups -OCH3 is 3. The Morgan fingerprint density at radius 1 is 0.615 bits per heavy atom. The minimum Gasteiger partial charge on any atom is -0.496 e. The molecule has 91 heavy (non-hydrogen) atoms. The molecule has 0 radical (unpaired) electrons. The predicted molar refractivity (Wildman–Crippen MR) is 348 cm³/mol. The number of rotatable bonds is 33. The maximum Gasteiger partial charge on any atom is 0.407 e. The van der Waals surface area contributed by atoms with Gasteiger partial charge in [0.05, 0.1) is 70.9 Å². The molecule has 4 aliphatic carbocycles. The number of aliphatic hydroxyl groups is 2. The number of fused-ring (bicyclic) bond motifs is 2. The van der Waals surface area contributed by atoms with E-state index in [-0.39, 0.29) is 135 Å². The normalized spacial score (nSPS) is 24.2. The Bertz CT molecular complexity index is 2780. The van der Waals surface area contributed by atoms with Crippen molar-refractivity contribution in [1.82, 2.24) is 16.0 Å². The second kappa shape index (κ2) is 38.3. The average molecular weight is 1270 g/mol. The zero-order valence-electron chi connectivity index (χ0n) is 56.4. The number of hydrogen-bond acceptors (Lipinski definition) is 16. The van der Waals surface area contributed by atoms with Gasteiger partial charge < -0.3 is 64.1 Å². The minimum absolute atomic E-state index is 0.0344. The molecule has 2 aromatic rings. The van der Waals surface area contributed by atoms with Gasteiger partial charge in [0.1, 0.15) is 30.7 Å². The zero-order chi connectivity index (χ0) is 66.7. The highest BCUT2D eigenvalue weighted by molar-refractivity contribution is 5.77.